The molecule has 1 aliphatic heterocycles. The van der Waals surface area contributed by atoms with Crippen LogP contribution in [-0.4, -0.2) is 10.9 Å². The predicted molar refractivity (Wildman–Crippen MR) is 65.7 cm³/mol. The van der Waals surface area contributed by atoms with Gasteiger partial charge in [0.2, 0.25) is 0 Å². The van der Waals surface area contributed by atoms with Crippen molar-refractivity contribution in [2.24, 2.45) is 10.7 Å². The quantitative estimate of drug-likeness (QED) is 0.920. The first kappa shape index (κ1) is 12.9. The molecule has 0 unspecified atom stereocenters. The van der Waals surface area contributed by atoms with E-state index in [1.807, 2.05) is 0 Å². The van der Waals surface area contributed by atoms with Crippen molar-refractivity contribution in [2.45, 2.75) is 19.1 Å². The smallest absolute Gasteiger partial charge is 0.355 e. The number of nitrogens with zero attached hydrogens (tertiary/aromatic N) is 2. The zero-order chi connectivity index (χ0) is 14.3. The average Bonchev–Trinajstić information content (AvgIpc) is 3.02. The third-order valence-electron chi connectivity index (χ3n) is 3.07. The van der Waals surface area contributed by atoms with E-state index in [1.54, 1.807) is 6.07 Å². The van der Waals surface area contributed by atoms with E-state index < -0.39 is 11.7 Å². The highest BCUT2D eigenvalue weighted by molar-refractivity contribution is 6.04. The Hall–Kier alpha value is -2.15. The summed E-state index contributed by atoms with van der Waals surface area (Å²) < 4.78 is 43.0. The van der Waals surface area contributed by atoms with Gasteiger partial charge in [-0.05, 0) is 23.8 Å². The van der Waals surface area contributed by atoms with Gasteiger partial charge in [-0.2, -0.15) is 13.2 Å². The first-order chi connectivity index (χ1) is 9.47. The summed E-state index contributed by atoms with van der Waals surface area (Å²) in [7, 11) is 0. The molecule has 0 fully saturated rings. The molecule has 1 aromatic heterocycles. The first-order valence-electron chi connectivity index (χ1n) is 5.91. The lowest BCUT2D eigenvalue weighted by molar-refractivity contribution is -0.137. The van der Waals surface area contributed by atoms with Crippen molar-refractivity contribution >= 4 is 11.4 Å². The number of aromatic nitrogens is 1. The lowest BCUT2D eigenvalue weighted by Crippen LogP contribution is -2.05. The number of aliphatic imine (C=N–C) groups is 1. The highest BCUT2D eigenvalue weighted by Crippen LogP contribution is 2.35. The van der Waals surface area contributed by atoms with Gasteiger partial charge in [-0.1, -0.05) is 5.16 Å². The highest BCUT2D eigenvalue weighted by Gasteiger charge is 2.32. The van der Waals surface area contributed by atoms with E-state index >= 15 is 0 Å². The summed E-state index contributed by atoms with van der Waals surface area (Å²) in [6, 6.07) is 5.16. The Morgan fingerprint density at radius 3 is 2.70 bits per heavy atom. The van der Waals surface area contributed by atoms with Crippen LogP contribution in [0.1, 0.15) is 22.6 Å². The van der Waals surface area contributed by atoms with Crippen LogP contribution in [0.2, 0.25) is 0 Å². The van der Waals surface area contributed by atoms with E-state index in [1.165, 1.54) is 6.07 Å². The van der Waals surface area contributed by atoms with Crippen molar-refractivity contribution in [1.82, 2.24) is 5.16 Å². The molecule has 2 heterocycles. The molecule has 7 heteroatoms. The molecule has 0 atom stereocenters. The van der Waals surface area contributed by atoms with Crippen molar-refractivity contribution < 1.29 is 17.7 Å². The molecule has 1 aliphatic rings. The van der Waals surface area contributed by atoms with E-state index in [9.17, 15) is 13.2 Å². The van der Waals surface area contributed by atoms with E-state index in [0.717, 1.165) is 12.1 Å². The Morgan fingerprint density at radius 1 is 1.25 bits per heavy atom. The van der Waals surface area contributed by atoms with Crippen LogP contribution < -0.4 is 5.73 Å². The van der Waals surface area contributed by atoms with Crippen LogP contribution in [0.15, 0.2) is 33.8 Å². The fourth-order valence-electron chi connectivity index (χ4n) is 2.06. The van der Waals surface area contributed by atoms with Crippen LogP contribution >= 0.6 is 0 Å². The van der Waals surface area contributed by atoms with Gasteiger partial charge in [0.15, 0.2) is 5.76 Å². The van der Waals surface area contributed by atoms with Gasteiger partial charge in [0, 0.05) is 19.0 Å². The third-order valence-corrected chi connectivity index (χ3v) is 3.07. The van der Waals surface area contributed by atoms with Crippen LogP contribution in [0.3, 0.4) is 0 Å². The molecule has 0 amide bonds. The van der Waals surface area contributed by atoms with E-state index in [4.69, 9.17) is 10.3 Å². The Bertz CT molecular complexity index is 688. The number of hydrogen-bond acceptors (Lipinski definition) is 4. The topological polar surface area (TPSA) is 64.4 Å². The molecule has 0 saturated heterocycles. The molecular weight excluding hydrogens is 271 g/mol. The second-order valence-corrected chi connectivity index (χ2v) is 4.46. The molecule has 0 radical (unpaired) electrons. The minimum absolute atomic E-state index is 0.238. The Kier molecular flexibility index (Phi) is 2.86. The second kappa shape index (κ2) is 4.45. The van der Waals surface area contributed by atoms with Crippen molar-refractivity contribution in [3.63, 3.8) is 0 Å². The van der Waals surface area contributed by atoms with Gasteiger partial charge in [0.05, 0.1) is 22.7 Å². The van der Waals surface area contributed by atoms with Gasteiger partial charge in [-0.3, -0.25) is 0 Å². The number of alkyl halides is 3. The zero-order valence-corrected chi connectivity index (χ0v) is 10.2. The Labute approximate surface area is 112 Å². The molecule has 4 nitrogen and oxygen atoms in total. The van der Waals surface area contributed by atoms with Gasteiger partial charge >= 0.3 is 6.18 Å². The maximum Gasteiger partial charge on any atom is 0.416 e. The predicted octanol–water partition coefficient (Wildman–Crippen LogP) is 2.83. The molecule has 2 aromatic rings. The number of halogens is 3. The van der Waals surface area contributed by atoms with Gasteiger partial charge in [-0.15, -0.1) is 0 Å². The van der Waals surface area contributed by atoms with Crippen LogP contribution in [0.5, 0.6) is 0 Å². The lowest BCUT2D eigenvalue weighted by atomic mass is 10.1. The fourth-order valence-corrected chi connectivity index (χ4v) is 2.06. The number of nitrogens with two attached hydrogens (primary N) is 1. The highest BCUT2D eigenvalue weighted by atomic mass is 19.4. The normalized spacial score (nSPS) is 14.3. The van der Waals surface area contributed by atoms with Crippen LogP contribution in [0.4, 0.5) is 18.9 Å². The number of rotatable bonds is 2. The molecule has 1 aromatic carbocycles. The molecule has 20 heavy (non-hydrogen) atoms. The van der Waals surface area contributed by atoms with Crippen molar-refractivity contribution in [2.75, 3.05) is 0 Å². The van der Waals surface area contributed by atoms with Crippen molar-refractivity contribution in [3.8, 4) is 0 Å². The molecular formula is C13H10F3N3O. The van der Waals surface area contributed by atoms with Gasteiger partial charge in [0.25, 0.3) is 0 Å². The van der Waals surface area contributed by atoms with Crippen LogP contribution in [0, 0.1) is 0 Å². The van der Waals surface area contributed by atoms with Gasteiger partial charge in [-0.25, -0.2) is 4.99 Å². The first-order valence-corrected chi connectivity index (χ1v) is 5.91. The average molecular weight is 281 g/mol. The number of fused-ring (bicyclic) bond motifs is 1. The van der Waals surface area contributed by atoms with Crippen LogP contribution in [0.25, 0.3) is 0 Å². The summed E-state index contributed by atoms with van der Waals surface area (Å²) in [5.74, 6) is 0.440. The van der Waals surface area contributed by atoms with Crippen molar-refractivity contribution in [3.05, 3.63) is 46.8 Å². The second-order valence-electron chi connectivity index (χ2n) is 4.46. The standard InChI is InChI=1S/C13H10F3N3O/c14-13(15,16)8-1-2-10-7(3-8)4-11(18-10)12-5-9(6-17)19-20-12/h1-3,5H,4,6,17H2. The Morgan fingerprint density at radius 2 is 2.05 bits per heavy atom. The zero-order valence-electron chi connectivity index (χ0n) is 10.2. The van der Waals surface area contributed by atoms with E-state index in [-0.39, 0.29) is 6.54 Å². The molecule has 0 aliphatic carbocycles. The summed E-state index contributed by atoms with van der Waals surface area (Å²) in [5, 5.41) is 3.74. The Balaban J connectivity index is 1.90. The monoisotopic (exact) mass is 281 g/mol. The summed E-state index contributed by atoms with van der Waals surface area (Å²) in [6.07, 6.45) is -4.06. The third kappa shape index (κ3) is 2.20. The maximum absolute atomic E-state index is 12.6. The summed E-state index contributed by atoms with van der Waals surface area (Å²) in [6.45, 7) is 0.238. The fraction of sp³-hybridized carbons (Fsp3) is 0.231. The van der Waals surface area contributed by atoms with Crippen molar-refractivity contribution in [1.29, 1.82) is 0 Å². The largest absolute Gasteiger partial charge is 0.416 e. The van der Waals surface area contributed by atoms with E-state index in [2.05, 4.69) is 10.1 Å². The number of benzene rings is 1. The molecule has 3 rings (SSSR count). The molecule has 104 valence electrons. The summed E-state index contributed by atoms with van der Waals surface area (Å²) >= 11 is 0. The molecule has 0 saturated carbocycles. The maximum atomic E-state index is 12.6. The summed E-state index contributed by atoms with van der Waals surface area (Å²) in [4.78, 5) is 4.27. The van der Waals surface area contributed by atoms with Crippen LogP contribution in [-0.2, 0) is 19.1 Å². The van der Waals surface area contributed by atoms with Gasteiger partial charge in [0.1, 0.15) is 0 Å². The minimum Gasteiger partial charge on any atom is -0.355 e. The molecule has 0 bridgehead atoms. The molecule has 2 N–H and O–H groups in total. The summed E-state index contributed by atoms with van der Waals surface area (Å²) in [5.41, 5.74) is 6.95. The van der Waals surface area contributed by atoms with Gasteiger partial charge < -0.3 is 10.3 Å². The van der Waals surface area contributed by atoms with E-state index in [0.29, 0.717) is 34.8 Å². The lowest BCUT2D eigenvalue weighted by Gasteiger charge is -2.07. The number of hydrogen-bond donors (Lipinski definition) is 1. The SMILES string of the molecule is NCc1cc(C2=Nc3ccc(C(F)(F)F)cc3C2)on1. The minimum atomic E-state index is -4.35. The molecule has 0 spiro atoms.